The van der Waals surface area contributed by atoms with Crippen LogP contribution in [0.1, 0.15) is 35.3 Å². The highest BCUT2D eigenvalue weighted by molar-refractivity contribution is 14.0. The van der Waals surface area contributed by atoms with E-state index in [4.69, 9.17) is 4.74 Å². The molecule has 0 aliphatic rings. The highest BCUT2D eigenvalue weighted by atomic mass is 127. The highest BCUT2D eigenvalue weighted by Crippen LogP contribution is 2.10. The first kappa shape index (κ1) is 24.7. The number of hydrogen-bond acceptors (Lipinski definition) is 4. The maximum Gasteiger partial charge on any atom is 0.253 e. The molecular formula is C21H30IN5O2. The number of pyridine rings is 1. The minimum absolute atomic E-state index is 0. The number of hydrogen-bond donors (Lipinski definition) is 2. The number of nitrogens with zero attached hydrogens (tertiary/aromatic N) is 3. The molecule has 29 heavy (non-hydrogen) atoms. The Morgan fingerprint density at radius 1 is 1.10 bits per heavy atom. The van der Waals surface area contributed by atoms with Crippen LogP contribution in [0.15, 0.2) is 47.6 Å². The van der Waals surface area contributed by atoms with Crippen LogP contribution in [0.2, 0.25) is 0 Å². The van der Waals surface area contributed by atoms with E-state index in [2.05, 4.69) is 20.6 Å². The fourth-order valence-corrected chi connectivity index (χ4v) is 2.50. The lowest BCUT2D eigenvalue weighted by Gasteiger charge is -2.13. The molecule has 8 heteroatoms. The summed E-state index contributed by atoms with van der Waals surface area (Å²) >= 11 is 0. The Hall–Kier alpha value is -2.36. The van der Waals surface area contributed by atoms with Gasteiger partial charge in [0.1, 0.15) is 0 Å². The second kappa shape index (κ2) is 13.0. The molecule has 0 radical (unpaired) electrons. The third-order valence-electron chi connectivity index (χ3n) is 3.92. The summed E-state index contributed by atoms with van der Waals surface area (Å²) in [7, 11) is 3.49. The highest BCUT2D eigenvalue weighted by Gasteiger charge is 2.07. The molecule has 0 atom stereocenters. The number of guanidine groups is 1. The standard InChI is InChI=1S/C21H29N5O2.HI/c1-5-22-21(25-15-17-11-12-23-19(13-17)28-6-2)24-14-16-7-9-18(10-8-16)20(27)26(3)4;/h7-13H,5-6,14-15H2,1-4H3,(H2,22,24,25);1H. The van der Waals surface area contributed by atoms with Gasteiger partial charge in [0.15, 0.2) is 5.96 Å². The number of aliphatic imine (C=N–C) groups is 1. The van der Waals surface area contributed by atoms with E-state index < -0.39 is 0 Å². The van der Waals surface area contributed by atoms with E-state index >= 15 is 0 Å². The molecule has 0 aliphatic heterocycles. The first-order valence-electron chi connectivity index (χ1n) is 9.44. The molecule has 0 unspecified atom stereocenters. The second-order valence-corrected chi connectivity index (χ2v) is 6.38. The summed E-state index contributed by atoms with van der Waals surface area (Å²) in [6.45, 7) is 6.45. The molecule has 0 spiro atoms. The number of rotatable bonds is 8. The van der Waals surface area contributed by atoms with Crippen molar-refractivity contribution in [2.75, 3.05) is 27.2 Å². The zero-order valence-electron chi connectivity index (χ0n) is 17.4. The number of aromatic nitrogens is 1. The normalized spacial score (nSPS) is 10.7. The van der Waals surface area contributed by atoms with Crippen LogP contribution in [0.5, 0.6) is 5.88 Å². The summed E-state index contributed by atoms with van der Waals surface area (Å²) in [4.78, 5) is 22.3. The number of benzene rings is 1. The largest absolute Gasteiger partial charge is 0.478 e. The van der Waals surface area contributed by atoms with Gasteiger partial charge in [0.05, 0.1) is 13.2 Å². The molecule has 0 aliphatic carbocycles. The first-order valence-corrected chi connectivity index (χ1v) is 9.44. The molecule has 2 aromatic rings. The van der Waals surface area contributed by atoms with Crippen molar-refractivity contribution in [3.63, 3.8) is 0 Å². The summed E-state index contributed by atoms with van der Waals surface area (Å²) in [5, 5.41) is 6.55. The topological polar surface area (TPSA) is 78.9 Å². The fourth-order valence-electron chi connectivity index (χ4n) is 2.50. The molecule has 7 nitrogen and oxygen atoms in total. The van der Waals surface area contributed by atoms with Gasteiger partial charge < -0.3 is 20.3 Å². The quantitative estimate of drug-likeness (QED) is 0.324. The third kappa shape index (κ3) is 8.26. The molecule has 1 aromatic heterocycles. The number of halogens is 1. The molecule has 0 saturated heterocycles. The molecule has 2 rings (SSSR count). The number of nitrogens with one attached hydrogen (secondary N) is 2. The molecule has 1 aromatic carbocycles. The molecule has 0 saturated carbocycles. The van der Waals surface area contributed by atoms with Gasteiger partial charge in [0.2, 0.25) is 5.88 Å². The van der Waals surface area contributed by atoms with Gasteiger partial charge in [0.25, 0.3) is 5.91 Å². The average Bonchev–Trinajstić information content (AvgIpc) is 2.70. The van der Waals surface area contributed by atoms with Crippen molar-refractivity contribution >= 4 is 35.8 Å². The molecule has 158 valence electrons. The second-order valence-electron chi connectivity index (χ2n) is 6.38. The van der Waals surface area contributed by atoms with E-state index in [1.807, 2.05) is 50.2 Å². The van der Waals surface area contributed by atoms with Crippen LogP contribution >= 0.6 is 24.0 Å². The molecule has 0 fully saturated rings. The molecule has 0 bridgehead atoms. The molecule has 2 N–H and O–H groups in total. The third-order valence-corrected chi connectivity index (χ3v) is 3.92. The van der Waals surface area contributed by atoms with Crippen molar-refractivity contribution in [3.8, 4) is 5.88 Å². The van der Waals surface area contributed by atoms with Crippen LogP contribution in [-0.4, -0.2) is 49.0 Å². The van der Waals surface area contributed by atoms with Gasteiger partial charge in [-0.3, -0.25) is 4.79 Å². The van der Waals surface area contributed by atoms with Crippen molar-refractivity contribution in [3.05, 3.63) is 59.3 Å². The molecule has 1 heterocycles. The van der Waals surface area contributed by atoms with Gasteiger partial charge in [-0.05, 0) is 43.2 Å². The van der Waals surface area contributed by atoms with Crippen LogP contribution in [0, 0.1) is 0 Å². The van der Waals surface area contributed by atoms with Gasteiger partial charge in [-0.1, -0.05) is 12.1 Å². The number of carbonyl (C=O) groups is 1. The Morgan fingerprint density at radius 2 is 1.83 bits per heavy atom. The maximum absolute atomic E-state index is 12.0. The first-order chi connectivity index (χ1) is 13.5. The van der Waals surface area contributed by atoms with Gasteiger partial charge in [0, 0.05) is 45.0 Å². The summed E-state index contributed by atoms with van der Waals surface area (Å²) in [5.74, 6) is 1.34. The van der Waals surface area contributed by atoms with E-state index in [9.17, 15) is 4.79 Å². The van der Waals surface area contributed by atoms with E-state index in [-0.39, 0.29) is 29.9 Å². The lowest BCUT2D eigenvalue weighted by Crippen LogP contribution is -2.36. The van der Waals surface area contributed by atoms with Gasteiger partial charge >= 0.3 is 0 Å². The van der Waals surface area contributed by atoms with Crippen LogP contribution in [0.3, 0.4) is 0 Å². The van der Waals surface area contributed by atoms with Crippen LogP contribution in [-0.2, 0) is 13.1 Å². The van der Waals surface area contributed by atoms with E-state index in [0.717, 1.165) is 23.6 Å². The number of ether oxygens (including phenoxy) is 1. The maximum atomic E-state index is 12.0. The lowest BCUT2D eigenvalue weighted by molar-refractivity contribution is 0.0827. The summed E-state index contributed by atoms with van der Waals surface area (Å²) in [6, 6.07) is 11.4. The van der Waals surface area contributed by atoms with Crippen molar-refractivity contribution in [2.45, 2.75) is 26.9 Å². The zero-order valence-corrected chi connectivity index (χ0v) is 19.8. The monoisotopic (exact) mass is 511 g/mol. The molecular weight excluding hydrogens is 481 g/mol. The minimum Gasteiger partial charge on any atom is -0.478 e. The minimum atomic E-state index is -0.00168. The number of amides is 1. The van der Waals surface area contributed by atoms with Crippen molar-refractivity contribution in [1.82, 2.24) is 20.5 Å². The predicted octanol–water partition coefficient (Wildman–Crippen LogP) is 3.06. The summed E-state index contributed by atoms with van der Waals surface area (Å²) < 4.78 is 5.43. The van der Waals surface area contributed by atoms with Crippen molar-refractivity contribution in [1.29, 1.82) is 0 Å². The zero-order chi connectivity index (χ0) is 20.4. The van der Waals surface area contributed by atoms with E-state index in [0.29, 0.717) is 31.1 Å². The fraction of sp³-hybridized carbons (Fsp3) is 0.381. The van der Waals surface area contributed by atoms with Crippen molar-refractivity contribution < 1.29 is 9.53 Å². The number of carbonyl (C=O) groups excluding carboxylic acids is 1. The molecule has 1 amide bonds. The Morgan fingerprint density at radius 3 is 2.45 bits per heavy atom. The van der Waals surface area contributed by atoms with E-state index in [1.165, 1.54) is 0 Å². The SMILES string of the molecule is CCNC(=NCc1ccnc(OCC)c1)NCc1ccc(C(=O)N(C)C)cc1.I. The smallest absolute Gasteiger partial charge is 0.253 e. The summed E-state index contributed by atoms with van der Waals surface area (Å²) in [5.41, 5.74) is 2.78. The van der Waals surface area contributed by atoms with Gasteiger partial charge in [-0.25, -0.2) is 9.98 Å². The van der Waals surface area contributed by atoms with Crippen LogP contribution in [0.25, 0.3) is 0 Å². The predicted molar refractivity (Wildman–Crippen MR) is 127 cm³/mol. The van der Waals surface area contributed by atoms with Gasteiger partial charge in [-0.2, -0.15) is 0 Å². The van der Waals surface area contributed by atoms with Crippen molar-refractivity contribution in [2.24, 2.45) is 4.99 Å². The Balaban J connectivity index is 0.00000420. The average molecular weight is 511 g/mol. The Kier molecular flexibility index (Phi) is 11.0. The van der Waals surface area contributed by atoms with Crippen LogP contribution < -0.4 is 15.4 Å². The van der Waals surface area contributed by atoms with E-state index in [1.54, 1.807) is 25.2 Å². The lowest BCUT2D eigenvalue weighted by atomic mass is 10.1. The Bertz CT molecular complexity index is 794. The van der Waals surface area contributed by atoms with Gasteiger partial charge in [-0.15, -0.1) is 24.0 Å². The van der Waals surface area contributed by atoms with Crippen LogP contribution in [0.4, 0.5) is 0 Å². The summed E-state index contributed by atoms with van der Waals surface area (Å²) in [6.07, 6.45) is 1.73. The Labute approximate surface area is 190 Å².